The van der Waals surface area contributed by atoms with Crippen LogP contribution in [0, 0.1) is 5.92 Å². The van der Waals surface area contributed by atoms with Gasteiger partial charge < -0.3 is 9.64 Å². The quantitative estimate of drug-likeness (QED) is 0.832. The first kappa shape index (κ1) is 17.8. The van der Waals surface area contributed by atoms with E-state index in [1.165, 1.54) is 5.56 Å². The number of likely N-dealkylation sites (tertiary alicyclic amines) is 1. The maximum Gasteiger partial charge on any atom is 0.253 e. The van der Waals surface area contributed by atoms with E-state index in [0.29, 0.717) is 37.6 Å². The smallest absolute Gasteiger partial charge is 0.253 e. The number of amides is 1. The summed E-state index contributed by atoms with van der Waals surface area (Å²) < 4.78 is 5.42. The van der Waals surface area contributed by atoms with Crippen LogP contribution >= 0.6 is 0 Å². The Bertz CT molecular complexity index is 848. The first-order valence-electron chi connectivity index (χ1n) is 9.63. The van der Waals surface area contributed by atoms with E-state index in [1.54, 1.807) is 7.11 Å². The number of carbonyl (C=O) groups is 2. The molecule has 0 unspecified atom stereocenters. The number of piperidine rings is 1. The van der Waals surface area contributed by atoms with Crippen molar-refractivity contribution in [3.63, 3.8) is 0 Å². The molecular weight excluding hydrogens is 338 g/mol. The second-order valence-electron chi connectivity index (χ2n) is 7.71. The molecule has 0 N–H and O–H groups in total. The number of nitrogens with zero attached hydrogens (tertiary/aromatic N) is 1. The van der Waals surface area contributed by atoms with E-state index in [4.69, 9.17) is 4.74 Å². The van der Waals surface area contributed by atoms with E-state index in [1.807, 2.05) is 47.4 Å². The van der Waals surface area contributed by atoms with Crippen molar-refractivity contribution >= 4 is 11.7 Å². The van der Waals surface area contributed by atoms with E-state index in [9.17, 15) is 9.59 Å². The van der Waals surface area contributed by atoms with Gasteiger partial charge in [0.25, 0.3) is 5.91 Å². The minimum atomic E-state index is -0.183. The van der Waals surface area contributed by atoms with Crippen molar-refractivity contribution < 1.29 is 14.3 Å². The molecule has 2 atom stereocenters. The lowest BCUT2D eigenvalue weighted by molar-refractivity contribution is -0.124. The fourth-order valence-corrected chi connectivity index (χ4v) is 4.81. The lowest BCUT2D eigenvalue weighted by Gasteiger charge is -2.50. The standard InChI is InChI=1S/C23H25NO3/c1-27-21-9-5-8-18(14-21)23-12-13-24(16-19(23)10-11-20(25)15-23)22(26)17-6-3-2-4-7-17/h2-9,14,19H,10-13,15-16H2,1H3/t19-,23-/m0/s1. The van der Waals surface area contributed by atoms with Gasteiger partial charge in [-0.15, -0.1) is 0 Å². The number of Topliss-reactive ketones (excluding diaryl/α,β-unsaturated/α-hetero) is 1. The highest BCUT2D eigenvalue weighted by atomic mass is 16.5. The number of rotatable bonds is 3. The van der Waals surface area contributed by atoms with Crippen LogP contribution in [-0.2, 0) is 10.2 Å². The molecule has 2 aromatic rings. The van der Waals surface area contributed by atoms with Crippen molar-refractivity contribution in [2.75, 3.05) is 20.2 Å². The summed E-state index contributed by atoms with van der Waals surface area (Å²) in [5.41, 5.74) is 1.72. The summed E-state index contributed by atoms with van der Waals surface area (Å²) in [6, 6.07) is 17.6. The number of ketones is 1. The fraction of sp³-hybridized carbons (Fsp3) is 0.391. The van der Waals surface area contributed by atoms with E-state index >= 15 is 0 Å². The van der Waals surface area contributed by atoms with Gasteiger partial charge in [-0.1, -0.05) is 30.3 Å². The average molecular weight is 363 g/mol. The van der Waals surface area contributed by atoms with E-state index < -0.39 is 0 Å². The Hall–Kier alpha value is -2.62. The third-order valence-electron chi connectivity index (χ3n) is 6.29. The molecule has 4 heteroatoms. The first-order valence-corrected chi connectivity index (χ1v) is 9.63. The van der Waals surface area contributed by atoms with Gasteiger partial charge in [0.2, 0.25) is 0 Å². The van der Waals surface area contributed by atoms with Crippen LogP contribution in [-0.4, -0.2) is 36.8 Å². The van der Waals surface area contributed by atoms with Gasteiger partial charge in [0.15, 0.2) is 0 Å². The monoisotopic (exact) mass is 363 g/mol. The van der Waals surface area contributed by atoms with Crippen LogP contribution in [0.3, 0.4) is 0 Å². The second kappa shape index (κ2) is 7.18. The van der Waals surface area contributed by atoms with Crippen LogP contribution in [0.1, 0.15) is 41.6 Å². The van der Waals surface area contributed by atoms with Crippen LogP contribution in [0.15, 0.2) is 54.6 Å². The summed E-state index contributed by atoms with van der Waals surface area (Å²) >= 11 is 0. The first-order chi connectivity index (χ1) is 13.1. The Morgan fingerprint density at radius 2 is 1.96 bits per heavy atom. The predicted molar refractivity (Wildman–Crippen MR) is 104 cm³/mol. The average Bonchev–Trinajstić information content (AvgIpc) is 2.73. The SMILES string of the molecule is COc1cccc([C@@]23CCN(C(=O)c4ccccc4)C[C@@H]2CCC(=O)C3)c1. The summed E-state index contributed by atoms with van der Waals surface area (Å²) in [6.45, 7) is 1.38. The summed E-state index contributed by atoms with van der Waals surface area (Å²) in [7, 11) is 1.67. The van der Waals surface area contributed by atoms with Crippen molar-refractivity contribution in [2.24, 2.45) is 5.92 Å². The van der Waals surface area contributed by atoms with Crippen molar-refractivity contribution in [3.8, 4) is 5.75 Å². The molecule has 1 saturated heterocycles. The lowest BCUT2D eigenvalue weighted by Crippen LogP contribution is -2.54. The highest BCUT2D eigenvalue weighted by Crippen LogP contribution is 2.48. The topological polar surface area (TPSA) is 46.6 Å². The van der Waals surface area contributed by atoms with Gasteiger partial charge in [0, 0.05) is 36.9 Å². The third-order valence-corrected chi connectivity index (χ3v) is 6.29. The minimum Gasteiger partial charge on any atom is -0.497 e. The molecular formula is C23H25NO3. The Labute approximate surface area is 160 Å². The molecule has 0 radical (unpaired) electrons. The van der Waals surface area contributed by atoms with Gasteiger partial charge in [-0.2, -0.15) is 0 Å². The van der Waals surface area contributed by atoms with Gasteiger partial charge in [0.1, 0.15) is 11.5 Å². The Balaban J connectivity index is 1.63. The normalized spacial score (nSPS) is 25.0. The molecule has 0 aromatic heterocycles. The predicted octanol–water partition coefficient (Wildman–Crippen LogP) is 3.85. The van der Waals surface area contributed by atoms with Crippen molar-refractivity contribution in [2.45, 2.75) is 31.1 Å². The minimum absolute atomic E-state index is 0.0896. The Morgan fingerprint density at radius 3 is 2.74 bits per heavy atom. The molecule has 0 spiro atoms. The highest BCUT2D eigenvalue weighted by Gasteiger charge is 2.48. The number of fused-ring (bicyclic) bond motifs is 1. The zero-order valence-electron chi connectivity index (χ0n) is 15.7. The van der Waals surface area contributed by atoms with E-state index in [-0.39, 0.29) is 11.3 Å². The molecule has 4 rings (SSSR count). The maximum atomic E-state index is 12.9. The Kier molecular flexibility index (Phi) is 4.73. The molecule has 140 valence electrons. The van der Waals surface area contributed by atoms with Crippen molar-refractivity contribution in [3.05, 3.63) is 65.7 Å². The number of hydrogen-bond acceptors (Lipinski definition) is 3. The fourth-order valence-electron chi connectivity index (χ4n) is 4.81. The molecule has 2 aliphatic rings. The number of benzene rings is 2. The lowest BCUT2D eigenvalue weighted by atomic mass is 9.59. The molecule has 1 aliphatic heterocycles. The highest BCUT2D eigenvalue weighted by molar-refractivity contribution is 5.94. The van der Waals surface area contributed by atoms with Crippen molar-refractivity contribution in [1.29, 1.82) is 0 Å². The third kappa shape index (κ3) is 3.25. The summed E-state index contributed by atoms with van der Waals surface area (Å²) in [5, 5.41) is 0. The van der Waals surface area contributed by atoms with Crippen LogP contribution in [0.5, 0.6) is 5.75 Å². The van der Waals surface area contributed by atoms with Crippen LogP contribution in [0.2, 0.25) is 0 Å². The van der Waals surface area contributed by atoms with E-state index in [0.717, 1.165) is 24.2 Å². The van der Waals surface area contributed by atoms with Gasteiger partial charge in [-0.3, -0.25) is 9.59 Å². The summed E-state index contributed by atoms with van der Waals surface area (Å²) in [5.74, 6) is 1.54. The molecule has 1 amide bonds. The molecule has 1 saturated carbocycles. The number of carbonyl (C=O) groups excluding carboxylic acids is 2. The number of methoxy groups -OCH3 is 1. The number of hydrogen-bond donors (Lipinski definition) is 0. The molecule has 2 fully saturated rings. The summed E-state index contributed by atoms with van der Waals surface area (Å²) in [6.07, 6.45) is 2.84. The van der Waals surface area contributed by atoms with Crippen LogP contribution < -0.4 is 4.74 Å². The van der Waals surface area contributed by atoms with Gasteiger partial charge in [0.05, 0.1) is 7.11 Å². The Morgan fingerprint density at radius 1 is 1.15 bits per heavy atom. The second-order valence-corrected chi connectivity index (χ2v) is 7.71. The van der Waals surface area contributed by atoms with Crippen molar-refractivity contribution in [1.82, 2.24) is 4.90 Å². The van der Waals surface area contributed by atoms with Crippen LogP contribution in [0.25, 0.3) is 0 Å². The van der Waals surface area contributed by atoms with Gasteiger partial charge in [-0.25, -0.2) is 0 Å². The molecule has 4 nitrogen and oxygen atoms in total. The number of ether oxygens (including phenoxy) is 1. The molecule has 27 heavy (non-hydrogen) atoms. The summed E-state index contributed by atoms with van der Waals surface area (Å²) in [4.78, 5) is 27.3. The molecule has 2 aromatic carbocycles. The van der Waals surface area contributed by atoms with Crippen LogP contribution in [0.4, 0.5) is 0 Å². The zero-order valence-corrected chi connectivity index (χ0v) is 15.7. The zero-order chi connectivity index (χ0) is 18.9. The largest absolute Gasteiger partial charge is 0.497 e. The molecule has 0 bridgehead atoms. The van der Waals surface area contributed by atoms with Gasteiger partial charge in [-0.05, 0) is 48.6 Å². The molecule has 1 heterocycles. The van der Waals surface area contributed by atoms with Gasteiger partial charge >= 0.3 is 0 Å². The maximum absolute atomic E-state index is 12.9. The molecule has 1 aliphatic carbocycles. The van der Waals surface area contributed by atoms with E-state index in [2.05, 4.69) is 12.1 Å².